The van der Waals surface area contributed by atoms with Crippen molar-refractivity contribution in [1.82, 2.24) is 4.98 Å². The molecule has 0 unspecified atom stereocenters. The first-order valence-electron chi connectivity index (χ1n) is 10.1. The standard InChI is InChI=1S/C25H24N2O3S/c1-4-23(25(28)30-5-2)31-24-21(16-26)20(17-9-7-6-8-10-17)15-22(27-24)18-11-13-19(29-3)14-12-18/h6-15,23H,4-5H2,1-3H3/t23-/m0/s1. The second kappa shape index (κ2) is 10.6. The molecule has 0 aliphatic rings. The summed E-state index contributed by atoms with van der Waals surface area (Å²) in [5, 5.41) is 10.1. The topological polar surface area (TPSA) is 72.2 Å². The van der Waals surface area contributed by atoms with Gasteiger partial charge in [-0.3, -0.25) is 4.79 Å². The number of hydrogen-bond donors (Lipinski definition) is 0. The molecule has 1 aromatic heterocycles. The summed E-state index contributed by atoms with van der Waals surface area (Å²) in [6.07, 6.45) is 0.573. The largest absolute Gasteiger partial charge is 0.497 e. The average molecular weight is 433 g/mol. The minimum absolute atomic E-state index is 0.295. The SMILES string of the molecule is CCOC(=O)[C@H](CC)Sc1nc(-c2ccc(OC)cc2)cc(-c2ccccc2)c1C#N. The molecule has 0 radical (unpaired) electrons. The van der Waals surface area contributed by atoms with Crippen molar-refractivity contribution in [2.24, 2.45) is 0 Å². The van der Waals surface area contributed by atoms with Gasteiger partial charge in [-0.15, -0.1) is 0 Å². The summed E-state index contributed by atoms with van der Waals surface area (Å²) in [5.74, 6) is 0.459. The average Bonchev–Trinajstić information content (AvgIpc) is 2.82. The number of ether oxygens (including phenoxy) is 2. The maximum atomic E-state index is 12.4. The molecule has 0 N–H and O–H groups in total. The van der Waals surface area contributed by atoms with E-state index in [4.69, 9.17) is 14.5 Å². The van der Waals surface area contributed by atoms with E-state index in [0.717, 1.165) is 28.1 Å². The fourth-order valence-electron chi connectivity index (χ4n) is 3.14. The molecule has 5 nitrogen and oxygen atoms in total. The van der Waals surface area contributed by atoms with Crippen LogP contribution in [0, 0.1) is 11.3 Å². The second-order valence-electron chi connectivity index (χ2n) is 6.71. The van der Waals surface area contributed by atoms with Gasteiger partial charge in [0, 0.05) is 11.1 Å². The highest BCUT2D eigenvalue weighted by molar-refractivity contribution is 8.00. The normalized spacial score (nSPS) is 11.4. The van der Waals surface area contributed by atoms with Crippen molar-refractivity contribution in [2.45, 2.75) is 30.5 Å². The van der Waals surface area contributed by atoms with Gasteiger partial charge in [-0.25, -0.2) is 4.98 Å². The highest BCUT2D eigenvalue weighted by Gasteiger charge is 2.24. The summed E-state index contributed by atoms with van der Waals surface area (Å²) < 4.78 is 10.5. The first-order chi connectivity index (χ1) is 15.1. The number of benzene rings is 2. The van der Waals surface area contributed by atoms with Gasteiger partial charge < -0.3 is 9.47 Å². The van der Waals surface area contributed by atoms with E-state index in [9.17, 15) is 10.1 Å². The Labute approximate surface area is 187 Å². The van der Waals surface area contributed by atoms with Gasteiger partial charge in [0.25, 0.3) is 0 Å². The number of nitriles is 1. The molecule has 0 spiro atoms. The number of carbonyl (C=O) groups is 1. The highest BCUT2D eigenvalue weighted by atomic mass is 32.2. The Balaban J connectivity index is 2.15. The van der Waals surface area contributed by atoms with Crippen LogP contribution in [0.1, 0.15) is 25.8 Å². The van der Waals surface area contributed by atoms with Crippen LogP contribution >= 0.6 is 11.8 Å². The number of thioether (sulfide) groups is 1. The van der Waals surface area contributed by atoms with Gasteiger partial charge in [0.1, 0.15) is 22.1 Å². The molecule has 6 heteroatoms. The van der Waals surface area contributed by atoms with Crippen molar-refractivity contribution < 1.29 is 14.3 Å². The molecule has 2 aromatic carbocycles. The van der Waals surface area contributed by atoms with Crippen LogP contribution in [0.15, 0.2) is 65.7 Å². The van der Waals surface area contributed by atoms with Gasteiger partial charge in [0.2, 0.25) is 0 Å². The maximum Gasteiger partial charge on any atom is 0.319 e. The molecule has 0 amide bonds. The van der Waals surface area contributed by atoms with Gasteiger partial charge in [0.05, 0.1) is 25.0 Å². The van der Waals surface area contributed by atoms with E-state index in [1.54, 1.807) is 14.0 Å². The van der Waals surface area contributed by atoms with Crippen molar-refractivity contribution in [3.63, 3.8) is 0 Å². The lowest BCUT2D eigenvalue weighted by molar-refractivity contribution is -0.142. The van der Waals surface area contributed by atoms with Crippen LogP contribution in [-0.4, -0.2) is 29.9 Å². The molecule has 1 heterocycles. The highest BCUT2D eigenvalue weighted by Crippen LogP contribution is 2.36. The van der Waals surface area contributed by atoms with Crippen LogP contribution in [0.25, 0.3) is 22.4 Å². The van der Waals surface area contributed by atoms with E-state index in [-0.39, 0.29) is 5.97 Å². The third-order valence-corrected chi connectivity index (χ3v) is 6.07. The van der Waals surface area contributed by atoms with Gasteiger partial charge in [-0.05, 0) is 49.2 Å². The predicted octanol–water partition coefficient (Wildman–Crippen LogP) is 5.73. The molecule has 0 aliphatic heterocycles. The molecule has 0 bridgehead atoms. The summed E-state index contributed by atoms with van der Waals surface area (Å²) in [6.45, 7) is 4.02. The van der Waals surface area contributed by atoms with Crippen LogP contribution in [0.3, 0.4) is 0 Å². The smallest absolute Gasteiger partial charge is 0.319 e. The van der Waals surface area contributed by atoms with E-state index < -0.39 is 5.25 Å². The van der Waals surface area contributed by atoms with Crippen molar-refractivity contribution in [3.8, 4) is 34.2 Å². The number of hydrogen-bond acceptors (Lipinski definition) is 6. The Morgan fingerprint density at radius 1 is 1.10 bits per heavy atom. The first-order valence-corrected chi connectivity index (χ1v) is 11.0. The third-order valence-electron chi connectivity index (χ3n) is 4.74. The Kier molecular flexibility index (Phi) is 7.69. The zero-order valence-electron chi connectivity index (χ0n) is 17.8. The monoisotopic (exact) mass is 432 g/mol. The lowest BCUT2D eigenvalue weighted by atomic mass is 9.99. The quantitative estimate of drug-likeness (QED) is 0.334. The van der Waals surface area contributed by atoms with Crippen molar-refractivity contribution >= 4 is 17.7 Å². The molecule has 158 valence electrons. The fourth-order valence-corrected chi connectivity index (χ4v) is 4.16. The molecule has 0 fully saturated rings. The Morgan fingerprint density at radius 3 is 2.39 bits per heavy atom. The molecule has 0 saturated carbocycles. The number of esters is 1. The number of nitrogens with zero attached hydrogens (tertiary/aromatic N) is 2. The first kappa shape index (κ1) is 22.4. The molecular formula is C25H24N2O3S. The lowest BCUT2D eigenvalue weighted by Crippen LogP contribution is -2.19. The van der Waals surface area contributed by atoms with Crippen LogP contribution in [0.2, 0.25) is 0 Å². The van der Waals surface area contributed by atoms with E-state index >= 15 is 0 Å². The van der Waals surface area contributed by atoms with Crippen molar-refractivity contribution in [2.75, 3.05) is 13.7 Å². The Morgan fingerprint density at radius 2 is 1.81 bits per heavy atom. The van der Waals surface area contributed by atoms with Crippen molar-refractivity contribution in [1.29, 1.82) is 5.26 Å². The molecule has 3 rings (SSSR count). The second-order valence-corrected chi connectivity index (χ2v) is 7.90. The van der Waals surface area contributed by atoms with E-state index in [1.807, 2.05) is 67.6 Å². The van der Waals surface area contributed by atoms with Crippen LogP contribution in [0.4, 0.5) is 0 Å². The molecule has 0 saturated heterocycles. The Bertz CT molecular complexity index is 1080. The summed E-state index contributed by atoms with van der Waals surface area (Å²) in [4.78, 5) is 17.2. The summed E-state index contributed by atoms with van der Waals surface area (Å²) in [5.41, 5.74) is 3.78. The van der Waals surface area contributed by atoms with Crippen LogP contribution in [0.5, 0.6) is 5.75 Å². The summed E-state index contributed by atoms with van der Waals surface area (Å²) >= 11 is 1.28. The van der Waals surface area contributed by atoms with Gasteiger partial charge >= 0.3 is 5.97 Å². The minimum Gasteiger partial charge on any atom is -0.497 e. The maximum absolute atomic E-state index is 12.4. The van der Waals surface area contributed by atoms with E-state index in [2.05, 4.69) is 6.07 Å². The molecule has 1 atom stereocenters. The van der Waals surface area contributed by atoms with E-state index in [0.29, 0.717) is 23.6 Å². The van der Waals surface area contributed by atoms with Crippen LogP contribution < -0.4 is 4.74 Å². The van der Waals surface area contributed by atoms with Crippen molar-refractivity contribution in [3.05, 3.63) is 66.2 Å². The van der Waals surface area contributed by atoms with Gasteiger partial charge in [-0.2, -0.15) is 5.26 Å². The van der Waals surface area contributed by atoms with E-state index in [1.165, 1.54) is 11.8 Å². The molecule has 3 aromatic rings. The number of pyridine rings is 1. The lowest BCUT2D eigenvalue weighted by Gasteiger charge is -2.16. The molecular weight excluding hydrogens is 408 g/mol. The molecule has 31 heavy (non-hydrogen) atoms. The summed E-state index contributed by atoms with van der Waals surface area (Å²) in [6, 6.07) is 21.6. The minimum atomic E-state index is -0.436. The predicted molar refractivity (Wildman–Crippen MR) is 123 cm³/mol. The fraction of sp³-hybridized carbons (Fsp3) is 0.240. The number of carbonyl (C=O) groups excluding carboxylic acids is 1. The summed E-state index contributed by atoms with van der Waals surface area (Å²) in [7, 11) is 1.62. The van der Waals surface area contributed by atoms with Gasteiger partial charge in [0.15, 0.2) is 0 Å². The molecule has 0 aliphatic carbocycles. The number of rotatable bonds is 8. The van der Waals surface area contributed by atoms with Gasteiger partial charge in [-0.1, -0.05) is 49.0 Å². The third kappa shape index (κ3) is 5.25. The van der Waals surface area contributed by atoms with Crippen LogP contribution in [-0.2, 0) is 9.53 Å². The number of methoxy groups -OCH3 is 1. The zero-order chi connectivity index (χ0) is 22.2. The Hall–Kier alpha value is -3.30. The zero-order valence-corrected chi connectivity index (χ0v) is 18.6. The number of aromatic nitrogens is 1.